The van der Waals surface area contributed by atoms with Crippen LogP contribution in [0, 0.1) is 12.7 Å². The molecule has 0 nitrogen and oxygen atoms in total. The van der Waals surface area contributed by atoms with Crippen molar-refractivity contribution in [2.75, 3.05) is 0 Å². The van der Waals surface area contributed by atoms with Crippen molar-refractivity contribution in [2.24, 2.45) is 0 Å². The summed E-state index contributed by atoms with van der Waals surface area (Å²) in [6.45, 7) is 3.66. The van der Waals surface area contributed by atoms with Gasteiger partial charge in [-0.1, -0.05) is 12.1 Å². The van der Waals surface area contributed by atoms with E-state index in [2.05, 4.69) is 22.9 Å². The van der Waals surface area contributed by atoms with E-state index in [0.29, 0.717) is 10.9 Å². The minimum Gasteiger partial charge on any atom is -0.206 e. The highest BCUT2D eigenvalue weighted by Crippen LogP contribution is 2.20. The molecule has 0 atom stereocenters. The Labute approximate surface area is 68.2 Å². The highest BCUT2D eigenvalue weighted by Gasteiger charge is 2.01. The number of rotatable bonds is 1. The lowest BCUT2D eigenvalue weighted by Gasteiger charge is -1.99. The summed E-state index contributed by atoms with van der Waals surface area (Å²) in [6, 6.07) is 4.95. The largest absolute Gasteiger partial charge is 0.206 e. The Morgan fingerprint density at radius 3 is 2.70 bits per heavy atom. The lowest BCUT2D eigenvalue weighted by molar-refractivity contribution is 0.619. The van der Waals surface area contributed by atoms with Gasteiger partial charge in [-0.2, -0.15) is 0 Å². The molecule has 10 heavy (non-hydrogen) atoms. The quantitative estimate of drug-likeness (QED) is 0.656. The van der Waals surface area contributed by atoms with Crippen LogP contribution < -0.4 is 0 Å². The van der Waals surface area contributed by atoms with Crippen LogP contribution in [-0.2, 0) is 6.42 Å². The van der Waals surface area contributed by atoms with E-state index in [1.54, 1.807) is 6.07 Å². The van der Waals surface area contributed by atoms with Crippen LogP contribution in [0.3, 0.4) is 0 Å². The third-order valence-electron chi connectivity index (χ3n) is 1.30. The first kappa shape index (κ1) is 7.73. The van der Waals surface area contributed by atoms with Crippen LogP contribution in [0.5, 0.6) is 0 Å². The first-order valence-corrected chi connectivity index (χ1v) is 3.77. The summed E-state index contributed by atoms with van der Waals surface area (Å²) in [6.07, 6.45) is 0.609. The molecule has 1 radical (unpaired) electrons. The predicted octanol–water partition coefficient (Wildman–Crippen LogP) is 2.96. The molecule has 0 aromatic heterocycles. The molecule has 0 aliphatic rings. The fraction of sp³-hybridized carbons (Fsp3) is 0.125. The van der Waals surface area contributed by atoms with Crippen LogP contribution in [0.4, 0.5) is 4.39 Å². The fourth-order valence-electron chi connectivity index (χ4n) is 0.742. The van der Waals surface area contributed by atoms with Crippen molar-refractivity contribution in [2.45, 2.75) is 6.42 Å². The van der Waals surface area contributed by atoms with E-state index in [-0.39, 0.29) is 5.82 Å². The second kappa shape index (κ2) is 3.15. The van der Waals surface area contributed by atoms with Crippen LogP contribution >= 0.6 is 15.9 Å². The summed E-state index contributed by atoms with van der Waals surface area (Å²) < 4.78 is 13.2. The zero-order chi connectivity index (χ0) is 7.56. The molecular formula is C8H7BrF. The van der Waals surface area contributed by atoms with Crippen molar-refractivity contribution in [3.8, 4) is 0 Å². The Kier molecular flexibility index (Phi) is 2.44. The minimum absolute atomic E-state index is 0.221. The Morgan fingerprint density at radius 1 is 1.50 bits per heavy atom. The molecule has 0 aliphatic heterocycles. The smallest absolute Gasteiger partial charge is 0.137 e. The van der Waals surface area contributed by atoms with E-state index in [1.807, 2.05) is 6.07 Å². The van der Waals surface area contributed by atoms with Crippen molar-refractivity contribution in [3.05, 3.63) is 41.0 Å². The molecule has 0 heterocycles. The van der Waals surface area contributed by atoms with Gasteiger partial charge in [0.1, 0.15) is 5.82 Å². The maximum absolute atomic E-state index is 12.7. The molecule has 0 saturated heterocycles. The number of hydrogen-bond acceptors (Lipinski definition) is 0. The topological polar surface area (TPSA) is 0 Å². The zero-order valence-electron chi connectivity index (χ0n) is 5.40. The van der Waals surface area contributed by atoms with E-state index in [4.69, 9.17) is 0 Å². The second-order valence-electron chi connectivity index (χ2n) is 1.96. The summed E-state index contributed by atoms with van der Waals surface area (Å²) in [7, 11) is 0. The lowest BCUT2D eigenvalue weighted by Crippen LogP contribution is -1.85. The number of benzene rings is 1. The van der Waals surface area contributed by atoms with Crippen molar-refractivity contribution >= 4 is 15.9 Å². The molecule has 1 aromatic carbocycles. The van der Waals surface area contributed by atoms with Crippen LogP contribution in [-0.4, -0.2) is 0 Å². The molecule has 0 fully saturated rings. The van der Waals surface area contributed by atoms with Crippen molar-refractivity contribution in [3.63, 3.8) is 0 Å². The van der Waals surface area contributed by atoms with Gasteiger partial charge >= 0.3 is 0 Å². The minimum atomic E-state index is -0.221. The molecule has 0 unspecified atom stereocenters. The maximum Gasteiger partial charge on any atom is 0.137 e. The fourth-order valence-corrected chi connectivity index (χ4v) is 1.20. The molecule has 0 aliphatic carbocycles. The average Bonchev–Trinajstić information content (AvgIpc) is 1.95. The average molecular weight is 202 g/mol. The Balaban J connectivity index is 3.14. The van der Waals surface area contributed by atoms with Crippen molar-refractivity contribution in [1.82, 2.24) is 0 Å². The summed E-state index contributed by atoms with van der Waals surface area (Å²) in [5, 5.41) is 0. The Morgan fingerprint density at radius 2 is 2.20 bits per heavy atom. The van der Waals surface area contributed by atoms with Gasteiger partial charge in [0.05, 0.1) is 4.47 Å². The van der Waals surface area contributed by atoms with Crippen LogP contribution in [0.25, 0.3) is 0 Å². The molecule has 1 aromatic rings. The van der Waals surface area contributed by atoms with Crippen molar-refractivity contribution in [1.29, 1.82) is 0 Å². The summed E-state index contributed by atoms with van der Waals surface area (Å²) in [5.41, 5.74) is 0.903. The Bertz CT molecular complexity index is 233. The van der Waals surface area contributed by atoms with Gasteiger partial charge in [0.25, 0.3) is 0 Å². The third-order valence-corrected chi connectivity index (χ3v) is 2.19. The second-order valence-corrected chi connectivity index (χ2v) is 2.76. The van der Waals surface area contributed by atoms with Crippen molar-refractivity contribution < 1.29 is 4.39 Å². The zero-order valence-corrected chi connectivity index (χ0v) is 6.99. The van der Waals surface area contributed by atoms with E-state index >= 15 is 0 Å². The molecule has 53 valence electrons. The molecule has 0 N–H and O–H groups in total. The monoisotopic (exact) mass is 201 g/mol. The maximum atomic E-state index is 12.7. The molecule has 0 bridgehead atoms. The van der Waals surface area contributed by atoms with Crippen LogP contribution in [0.1, 0.15) is 5.56 Å². The first-order valence-electron chi connectivity index (χ1n) is 2.98. The lowest BCUT2D eigenvalue weighted by atomic mass is 10.2. The molecular weight excluding hydrogens is 195 g/mol. The van der Waals surface area contributed by atoms with Gasteiger partial charge in [-0.25, -0.2) is 4.39 Å². The molecule has 0 spiro atoms. The van der Waals surface area contributed by atoms with Gasteiger partial charge < -0.3 is 0 Å². The SMILES string of the molecule is [CH2]Cc1cccc(F)c1Br. The van der Waals surface area contributed by atoms with E-state index in [0.717, 1.165) is 5.56 Å². The third kappa shape index (κ3) is 1.37. The van der Waals surface area contributed by atoms with Gasteiger partial charge in [0.2, 0.25) is 0 Å². The molecule has 0 saturated carbocycles. The van der Waals surface area contributed by atoms with Gasteiger partial charge in [0, 0.05) is 0 Å². The van der Waals surface area contributed by atoms with Crippen LogP contribution in [0.15, 0.2) is 22.7 Å². The van der Waals surface area contributed by atoms with Gasteiger partial charge in [-0.15, -0.1) is 0 Å². The highest BCUT2D eigenvalue weighted by molar-refractivity contribution is 9.10. The standard InChI is InChI=1S/C8H7BrF/c1-2-6-4-3-5-7(10)8(6)9/h3-5H,1-2H2. The van der Waals surface area contributed by atoms with Gasteiger partial charge in [-0.3, -0.25) is 0 Å². The summed E-state index contributed by atoms with van der Waals surface area (Å²) >= 11 is 3.13. The van der Waals surface area contributed by atoms with E-state index < -0.39 is 0 Å². The van der Waals surface area contributed by atoms with Gasteiger partial charge in [-0.05, 0) is 40.9 Å². The summed E-state index contributed by atoms with van der Waals surface area (Å²) in [4.78, 5) is 0. The van der Waals surface area contributed by atoms with Gasteiger partial charge in [0.15, 0.2) is 0 Å². The van der Waals surface area contributed by atoms with E-state index in [1.165, 1.54) is 6.07 Å². The summed E-state index contributed by atoms with van der Waals surface area (Å²) in [5.74, 6) is -0.221. The first-order chi connectivity index (χ1) is 4.75. The van der Waals surface area contributed by atoms with E-state index in [9.17, 15) is 4.39 Å². The Hall–Kier alpha value is -0.370. The normalized spacial score (nSPS) is 9.90. The highest BCUT2D eigenvalue weighted by atomic mass is 79.9. The molecule has 0 amide bonds. The predicted molar refractivity (Wildman–Crippen MR) is 43.2 cm³/mol. The molecule has 1 rings (SSSR count). The molecule has 2 heteroatoms. The number of hydrogen-bond donors (Lipinski definition) is 0. The van der Waals surface area contributed by atoms with Crippen LogP contribution in [0.2, 0.25) is 0 Å². The number of halogens is 2.